The summed E-state index contributed by atoms with van der Waals surface area (Å²) in [5.41, 5.74) is 5.48. The second-order valence-electron chi connectivity index (χ2n) is 1.77. The maximum absolute atomic E-state index is 5.48. The lowest BCUT2D eigenvalue weighted by molar-refractivity contribution is 0.743. The standard InChI is InChI=1S/C4H8N2S/c5-3-1-4(7)6-2-3/h3H,1-2,5H2,(H,6,7). The SMILES string of the molecule is NC1CNC(=S)C1. The Balaban J connectivity index is 2.40. The Morgan fingerprint density at radius 2 is 2.57 bits per heavy atom. The number of hydrogen-bond acceptors (Lipinski definition) is 2. The largest absolute Gasteiger partial charge is 0.378 e. The smallest absolute Gasteiger partial charge is 0.0770 e. The van der Waals surface area contributed by atoms with E-state index in [1.54, 1.807) is 0 Å². The van der Waals surface area contributed by atoms with Crippen molar-refractivity contribution < 1.29 is 0 Å². The Labute approximate surface area is 48.1 Å². The first-order valence-corrected chi connectivity index (χ1v) is 2.72. The Hall–Kier alpha value is -0.150. The van der Waals surface area contributed by atoms with Crippen LogP contribution in [0.3, 0.4) is 0 Å². The number of nitrogens with one attached hydrogen (secondary N) is 1. The van der Waals surface area contributed by atoms with Crippen LogP contribution < -0.4 is 11.1 Å². The third-order valence-electron chi connectivity index (χ3n) is 1.01. The molecule has 1 fully saturated rings. The zero-order chi connectivity index (χ0) is 5.28. The molecule has 0 amide bonds. The second-order valence-corrected chi connectivity index (χ2v) is 2.26. The van der Waals surface area contributed by atoms with E-state index >= 15 is 0 Å². The molecule has 1 atom stereocenters. The lowest BCUT2D eigenvalue weighted by Crippen LogP contribution is -2.22. The summed E-state index contributed by atoms with van der Waals surface area (Å²) in [5, 5.41) is 2.98. The zero-order valence-corrected chi connectivity index (χ0v) is 4.79. The Morgan fingerprint density at radius 3 is 2.71 bits per heavy atom. The van der Waals surface area contributed by atoms with Gasteiger partial charge >= 0.3 is 0 Å². The molecule has 2 nitrogen and oxygen atoms in total. The minimum atomic E-state index is 0.271. The van der Waals surface area contributed by atoms with Gasteiger partial charge in [0.25, 0.3) is 0 Å². The highest BCUT2D eigenvalue weighted by Crippen LogP contribution is 1.95. The van der Waals surface area contributed by atoms with Gasteiger partial charge in [0, 0.05) is 19.0 Å². The first-order chi connectivity index (χ1) is 3.29. The monoisotopic (exact) mass is 116 g/mol. The molecule has 3 N–H and O–H groups in total. The number of rotatable bonds is 0. The average molecular weight is 116 g/mol. The van der Waals surface area contributed by atoms with E-state index in [0.29, 0.717) is 0 Å². The molecular weight excluding hydrogens is 108 g/mol. The second kappa shape index (κ2) is 1.76. The summed E-state index contributed by atoms with van der Waals surface area (Å²) in [6.07, 6.45) is 0.870. The summed E-state index contributed by atoms with van der Waals surface area (Å²) in [5.74, 6) is 0. The molecule has 0 aliphatic carbocycles. The van der Waals surface area contributed by atoms with Gasteiger partial charge in [-0.1, -0.05) is 12.2 Å². The van der Waals surface area contributed by atoms with Crippen molar-refractivity contribution in [3.8, 4) is 0 Å². The predicted octanol–water partition coefficient (Wildman–Crippen LogP) is -0.366. The van der Waals surface area contributed by atoms with E-state index in [0.717, 1.165) is 18.0 Å². The van der Waals surface area contributed by atoms with E-state index in [2.05, 4.69) is 5.32 Å². The molecule has 0 radical (unpaired) electrons. The van der Waals surface area contributed by atoms with E-state index in [-0.39, 0.29) is 6.04 Å². The fourth-order valence-corrected chi connectivity index (χ4v) is 0.925. The highest BCUT2D eigenvalue weighted by molar-refractivity contribution is 7.80. The van der Waals surface area contributed by atoms with Gasteiger partial charge in [0.1, 0.15) is 0 Å². The fraction of sp³-hybridized carbons (Fsp3) is 0.750. The molecule has 0 aromatic heterocycles. The molecule has 0 aromatic carbocycles. The molecule has 0 saturated carbocycles. The maximum atomic E-state index is 5.48. The molecule has 1 rings (SSSR count). The predicted molar refractivity (Wildman–Crippen MR) is 33.2 cm³/mol. The molecule has 1 heterocycles. The molecular formula is C4H8N2S. The highest BCUT2D eigenvalue weighted by Gasteiger charge is 2.12. The van der Waals surface area contributed by atoms with Gasteiger partial charge in [-0.3, -0.25) is 0 Å². The van der Waals surface area contributed by atoms with E-state index in [1.165, 1.54) is 0 Å². The van der Waals surface area contributed by atoms with Crippen LogP contribution in [-0.4, -0.2) is 17.6 Å². The van der Waals surface area contributed by atoms with Crippen LogP contribution in [0.5, 0.6) is 0 Å². The van der Waals surface area contributed by atoms with Crippen LogP contribution in [0.4, 0.5) is 0 Å². The van der Waals surface area contributed by atoms with Crippen LogP contribution in [-0.2, 0) is 0 Å². The first-order valence-electron chi connectivity index (χ1n) is 2.31. The van der Waals surface area contributed by atoms with Crippen LogP contribution in [0.25, 0.3) is 0 Å². The average Bonchev–Trinajstić information content (AvgIpc) is 1.87. The van der Waals surface area contributed by atoms with Gasteiger partial charge in [-0.2, -0.15) is 0 Å². The van der Waals surface area contributed by atoms with Gasteiger partial charge in [-0.15, -0.1) is 0 Å². The van der Waals surface area contributed by atoms with Gasteiger partial charge < -0.3 is 11.1 Å². The molecule has 0 aromatic rings. The minimum Gasteiger partial charge on any atom is -0.378 e. The Morgan fingerprint density at radius 1 is 1.86 bits per heavy atom. The number of hydrogen-bond donors (Lipinski definition) is 2. The van der Waals surface area contributed by atoms with Gasteiger partial charge in [-0.25, -0.2) is 0 Å². The van der Waals surface area contributed by atoms with Gasteiger partial charge in [0.05, 0.1) is 4.99 Å². The highest BCUT2D eigenvalue weighted by atomic mass is 32.1. The molecule has 0 bridgehead atoms. The van der Waals surface area contributed by atoms with Gasteiger partial charge in [0.2, 0.25) is 0 Å². The molecule has 3 heteroatoms. The van der Waals surface area contributed by atoms with Crippen molar-refractivity contribution in [2.24, 2.45) is 5.73 Å². The molecule has 1 unspecified atom stereocenters. The van der Waals surface area contributed by atoms with Gasteiger partial charge in [0.15, 0.2) is 0 Å². The lowest BCUT2D eigenvalue weighted by atomic mass is 10.3. The summed E-state index contributed by atoms with van der Waals surface area (Å²) in [7, 11) is 0. The first kappa shape index (κ1) is 5.00. The van der Waals surface area contributed by atoms with Crippen molar-refractivity contribution in [3.05, 3.63) is 0 Å². The van der Waals surface area contributed by atoms with Crippen LogP contribution in [0.15, 0.2) is 0 Å². The van der Waals surface area contributed by atoms with Crippen LogP contribution >= 0.6 is 12.2 Å². The summed E-state index contributed by atoms with van der Waals surface area (Å²) < 4.78 is 0. The zero-order valence-electron chi connectivity index (χ0n) is 3.98. The Bertz CT molecular complexity index is 91.7. The summed E-state index contributed by atoms with van der Waals surface area (Å²) in [6, 6.07) is 0.271. The normalized spacial score (nSPS) is 30.4. The number of thiocarbonyl (C=S) groups is 1. The molecule has 1 aliphatic heterocycles. The topological polar surface area (TPSA) is 38.0 Å². The Kier molecular flexibility index (Phi) is 1.25. The lowest BCUT2D eigenvalue weighted by Gasteiger charge is -1.91. The van der Waals surface area contributed by atoms with E-state index in [1.807, 2.05) is 0 Å². The van der Waals surface area contributed by atoms with Crippen molar-refractivity contribution in [2.45, 2.75) is 12.5 Å². The molecule has 40 valence electrons. The van der Waals surface area contributed by atoms with E-state index in [4.69, 9.17) is 18.0 Å². The molecule has 1 saturated heterocycles. The quantitative estimate of drug-likeness (QED) is 0.424. The summed E-state index contributed by atoms with van der Waals surface area (Å²) in [6.45, 7) is 0.860. The fourth-order valence-electron chi connectivity index (χ4n) is 0.627. The summed E-state index contributed by atoms with van der Waals surface area (Å²) >= 11 is 4.80. The third kappa shape index (κ3) is 1.11. The van der Waals surface area contributed by atoms with Crippen LogP contribution in [0.1, 0.15) is 6.42 Å². The third-order valence-corrected chi connectivity index (χ3v) is 1.32. The van der Waals surface area contributed by atoms with Crippen molar-refractivity contribution in [1.29, 1.82) is 0 Å². The van der Waals surface area contributed by atoms with Crippen molar-refractivity contribution in [1.82, 2.24) is 5.32 Å². The van der Waals surface area contributed by atoms with E-state index in [9.17, 15) is 0 Å². The van der Waals surface area contributed by atoms with Crippen molar-refractivity contribution in [2.75, 3.05) is 6.54 Å². The molecule has 7 heavy (non-hydrogen) atoms. The minimum absolute atomic E-state index is 0.271. The van der Waals surface area contributed by atoms with Crippen LogP contribution in [0.2, 0.25) is 0 Å². The van der Waals surface area contributed by atoms with Crippen LogP contribution in [0, 0.1) is 0 Å². The molecule has 1 aliphatic rings. The molecule has 0 spiro atoms. The number of nitrogens with two attached hydrogens (primary N) is 1. The van der Waals surface area contributed by atoms with Gasteiger partial charge in [-0.05, 0) is 0 Å². The van der Waals surface area contributed by atoms with E-state index < -0.39 is 0 Å². The maximum Gasteiger partial charge on any atom is 0.0770 e. The van der Waals surface area contributed by atoms with Crippen molar-refractivity contribution >= 4 is 17.2 Å². The van der Waals surface area contributed by atoms with Crippen molar-refractivity contribution in [3.63, 3.8) is 0 Å². The summed E-state index contributed by atoms with van der Waals surface area (Å²) in [4.78, 5) is 0.910.